The summed E-state index contributed by atoms with van der Waals surface area (Å²) in [5.74, 6) is -1.07. The zero-order chi connectivity index (χ0) is 14.0. The summed E-state index contributed by atoms with van der Waals surface area (Å²) in [4.78, 5) is 15.9. The van der Waals surface area contributed by atoms with Crippen molar-refractivity contribution in [2.45, 2.75) is 0 Å². The molecule has 0 unspecified atom stereocenters. The maximum atomic E-state index is 13.0. The Labute approximate surface area is 126 Å². The van der Waals surface area contributed by atoms with Crippen molar-refractivity contribution in [3.8, 4) is 0 Å². The molecule has 0 radical (unpaired) electrons. The van der Waals surface area contributed by atoms with Gasteiger partial charge < -0.3 is 5.32 Å². The van der Waals surface area contributed by atoms with Gasteiger partial charge in [-0.1, -0.05) is 23.2 Å². The molecule has 1 N–H and O–H groups in total. The van der Waals surface area contributed by atoms with Crippen LogP contribution < -0.4 is 5.32 Å². The van der Waals surface area contributed by atoms with Crippen LogP contribution in [0.5, 0.6) is 0 Å². The van der Waals surface area contributed by atoms with Crippen molar-refractivity contribution in [1.29, 1.82) is 0 Å². The second-order valence-electron chi connectivity index (χ2n) is 3.53. The van der Waals surface area contributed by atoms with Crippen molar-refractivity contribution in [2.75, 3.05) is 5.32 Å². The fourth-order valence-electron chi connectivity index (χ4n) is 1.39. The molecule has 0 saturated carbocycles. The first-order chi connectivity index (χ1) is 8.99. The Kier molecular flexibility index (Phi) is 4.39. The van der Waals surface area contributed by atoms with Gasteiger partial charge in [-0.15, -0.1) is 0 Å². The van der Waals surface area contributed by atoms with E-state index in [1.807, 2.05) is 0 Å². The van der Waals surface area contributed by atoms with Crippen LogP contribution in [0.2, 0.25) is 10.0 Å². The molecule has 0 spiro atoms. The van der Waals surface area contributed by atoms with Crippen LogP contribution in [0.25, 0.3) is 0 Å². The number of benzene rings is 1. The van der Waals surface area contributed by atoms with E-state index in [0.717, 1.165) is 12.1 Å². The van der Waals surface area contributed by atoms with Crippen LogP contribution in [-0.4, -0.2) is 10.9 Å². The van der Waals surface area contributed by atoms with E-state index in [1.54, 1.807) is 12.1 Å². The van der Waals surface area contributed by atoms with E-state index in [2.05, 4.69) is 26.2 Å². The van der Waals surface area contributed by atoms with Gasteiger partial charge >= 0.3 is 0 Å². The normalized spacial score (nSPS) is 10.3. The number of pyridine rings is 1. The Balaban J connectivity index is 2.32. The number of aromatic nitrogens is 1. The molecule has 7 heteroatoms. The van der Waals surface area contributed by atoms with Gasteiger partial charge in [0.2, 0.25) is 0 Å². The number of nitrogens with one attached hydrogen (secondary N) is 1. The molecule has 0 aliphatic heterocycles. The van der Waals surface area contributed by atoms with Gasteiger partial charge in [-0.3, -0.25) is 4.79 Å². The van der Waals surface area contributed by atoms with Crippen molar-refractivity contribution >= 4 is 50.7 Å². The molecule has 0 atom stereocenters. The van der Waals surface area contributed by atoms with Gasteiger partial charge in [0, 0.05) is 10.7 Å². The highest BCUT2D eigenvalue weighted by Crippen LogP contribution is 2.31. The number of rotatable bonds is 2. The summed E-state index contributed by atoms with van der Waals surface area (Å²) in [5, 5.41) is 2.54. The van der Waals surface area contributed by atoms with E-state index in [0.29, 0.717) is 4.47 Å². The van der Waals surface area contributed by atoms with Gasteiger partial charge in [0.15, 0.2) is 0 Å². The minimum atomic E-state index is -0.577. The first-order valence-electron chi connectivity index (χ1n) is 5.05. The predicted octanol–water partition coefficient (Wildman–Crippen LogP) is 4.54. The molecule has 0 bridgehead atoms. The summed E-state index contributed by atoms with van der Waals surface area (Å²) < 4.78 is 13.6. The van der Waals surface area contributed by atoms with E-state index >= 15 is 0 Å². The van der Waals surface area contributed by atoms with E-state index in [1.165, 1.54) is 6.20 Å². The lowest BCUT2D eigenvalue weighted by atomic mass is 10.3. The molecule has 0 aliphatic rings. The highest BCUT2D eigenvalue weighted by molar-refractivity contribution is 9.10. The second kappa shape index (κ2) is 5.86. The predicted molar refractivity (Wildman–Crippen MR) is 76.3 cm³/mol. The van der Waals surface area contributed by atoms with Crippen LogP contribution in [-0.2, 0) is 0 Å². The van der Waals surface area contributed by atoms with Gasteiger partial charge in [-0.25, -0.2) is 9.37 Å². The molecule has 3 nitrogen and oxygen atoms in total. The van der Waals surface area contributed by atoms with E-state index < -0.39 is 11.7 Å². The highest BCUT2D eigenvalue weighted by atomic mass is 79.9. The molecular formula is C12H6BrCl2FN2O. The number of amides is 1. The molecule has 0 aliphatic carbocycles. The zero-order valence-electron chi connectivity index (χ0n) is 9.25. The first kappa shape index (κ1) is 14.2. The van der Waals surface area contributed by atoms with Gasteiger partial charge in [0.1, 0.15) is 11.5 Å². The molecule has 19 heavy (non-hydrogen) atoms. The van der Waals surface area contributed by atoms with Crippen LogP contribution in [0.3, 0.4) is 0 Å². The summed E-state index contributed by atoms with van der Waals surface area (Å²) in [6.45, 7) is 0. The molecule has 1 heterocycles. The quantitative estimate of drug-likeness (QED) is 0.850. The van der Waals surface area contributed by atoms with Crippen LogP contribution in [0.4, 0.5) is 10.1 Å². The number of carbonyl (C=O) groups is 1. The lowest BCUT2D eigenvalue weighted by molar-refractivity contribution is 0.102. The van der Waals surface area contributed by atoms with Crippen LogP contribution in [0.1, 0.15) is 10.5 Å². The molecule has 2 rings (SSSR count). The molecule has 1 aromatic carbocycles. The van der Waals surface area contributed by atoms with Crippen LogP contribution >= 0.6 is 39.1 Å². The third-order valence-corrected chi connectivity index (χ3v) is 3.46. The van der Waals surface area contributed by atoms with Crippen molar-refractivity contribution in [2.24, 2.45) is 0 Å². The van der Waals surface area contributed by atoms with Gasteiger partial charge in [-0.05, 0) is 40.2 Å². The highest BCUT2D eigenvalue weighted by Gasteiger charge is 2.15. The maximum Gasteiger partial charge on any atom is 0.275 e. The average Bonchev–Trinajstić information content (AvgIpc) is 2.34. The fraction of sp³-hybridized carbons (Fsp3) is 0. The van der Waals surface area contributed by atoms with Crippen molar-refractivity contribution in [3.05, 3.63) is 56.5 Å². The summed E-state index contributed by atoms with van der Waals surface area (Å²) in [6.07, 6.45) is 1.48. The monoisotopic (exact) mass is 362 g/mol. The Bertz CT molecular complexity index is 628. The van der Waals surface area contributed by atoms with Crippen molar-refractivity contribution in [3.63, 3.8) is 0 Å². The smallest absolute Gasteiger partial charge is 0.275 e. The first-order valence-corrected chi connectivity index (χ1v) is 6.60. The molecular weight excluding hydrogens is 358 g/mol. The number of carbonyl (C=O) groups excluding carboxylic acids is 1. The Morgan fingerprint density at radius 3 is 2.53 bits per heavy atom. The van der Waals surface area contributed by atoms with E-state index in [-0.39, 0.29) is 21.4 Å². The Morgan fingerprint density at radius 1 is 1.32 bits per heavy atom. The molecule has 2 aromatic rings. The van der Waals surface area contributed by atoms with Gasteiger partial charge in [0.25, 0.3) is 5.91 Å². The molecule has 0 saturated heterocycles. The summed E-state index contributed by atoms with van der Waals surface area (Å²) >= 11 is 14.9. The Hall–Kier alpha value is -1.17. The topological polar surface area (TPSA) is 42.0 Å². The molecule has 0 fully saturated rings. The van der Waals surface area contributed by atoms with Gasteiger partial charge in [-0.2, -0.15) is 0 Å². The van der Waals surface area contributed by atoms with Crippen molar-refractivity contribution in [1.82, 2.24) is 4.98 Å². The molecule has 98 valence electrons. The summed E-state index contributed by atoms with van der Waals surface area (Å²) in [7, 11) is 0. The number of halogens is 4. The largest absolute Gasteiger partial charge is 0.318 e. The fourth-order valence-corrected chi connectivity index (χ4v) is 2.38. The maximum absolute atomic E-state index is 13.0. The number of anilines is 1. The number of hydrogen-bond acceptors (Lipinski definition) is 2. The second-order valence-corrected chi connectivity index (χ2v) is 5.20. The van der Waals surface area contributed by atoms with Gasteiger partial charge in [0.05, 0.1) is 15.7 Å². The van der Waals surface area contributed by atoms with Crippen LogP contribution in [0, 0.1) is 5.82 Å². The third kappa shape index (κ3) is 3.23. The number of hydrogen-bond donors (Lipinski definition) is 1. The minimum absolute atomic E-state index is 0.0189. The lowest BCUT2D eigenvalue weighted by Crippen LogP contribution is -2.15. The zero-order valence-corrected chi connectivity index (χ0v) is 12.4. The lowest BCUT2D eigenvalue weighted by Gasteiger charge is -2.09. The Morgan fingerprint density at radius 2 is 1.95 bits per heavy atom. The standard InChI is InChI=1S/C12H6BrCl2FN2O/c13-7-2-1-3-17-10(7)12(19)18-11-8(14)4-6(16)5-9(11)15/h1-5H,(H,18,19). The third-order valence-electron chi connectivity index (χ3n) is 2.22. The van der Waals surface area contributed by atoms with E-state index in [4.69, 9.17) is 23.2 Å². The molecule has 1 aromatic heterocycles. The average molecular weight is 364 g/mol. The minimum Gasteiger partial charge on any atom is -0.318 e. The summed E-state index contributed by atoms with van der Waals surface area (Å²) in [6, 6.07) is 5.49. The molecule has 1 amide bonds. The van der Waals surface area contributed by atoms with E-state index in [9.17, 15) is 9.18 Å². The summed E-state index contributed by atoms with van der Waals surface area (Å²) in [5.41, 5.74) is 0.325. The number of nitrogens with zero attached hydrogens (tertiary/aromatic N) is 1. The van der Waals surface area contributed by atoms with Crippen molar-refractivity contribution < 1.29 is 9.18 Å². The van der Waals surface area contributed by atoms with Crippen LogP contribution in [0.15, 0.2) is 34.9 Å². The SMILES string of the molecule is O=C(Nc1c(Cl)cc(F)cc1Cl)c1ncccc1Br.